The Morgan fingerprint density at radius 3 is 1.07 bits per heavy atom. The highest BCUT2D eigenvalue weighted by atomic mass is 14.1. The fourth-order valence-corrected chi connectivity index (χ4v) is 5.69. The maximum absolute atomic E-state index is 3.56. The van der Waals surface area contributed by atoms with Gasteiger partial charge in [-0.2, -0.15) is 0 Å². The third-order valence-electron chi connectivity index (χ3n) is 8.14. The van der Waals surface area contributed by atoms with Crippen LogP contribution in [0, 0.1) is 23.7 Å². The Bertz CT molecular complexity index is 1540. The molecule has 0 amide bonds. The predicted molar refractivity (Wildman–Crippen MR) is 182 cm³/mol. The molecule has 0 heterocycles. The van der Waals surface area contributed by atoms with E-state index in [4.69, 9.17) is 0 Å². The zero-order valence-corrected chi connectivity index (χ0v) is 25.3. The fourth-order valence-electron chi connectivity index (χ4n) is 5.69. The van der Waals surface area contributed by atoms with Gasteiger partial charge in [0.15, 0.2) is 0 Å². The average Bonchev–Trinajstić information content (AvgIpc) is 3.04. The highest BCUT2D eigenvalue weighted by Crippen LogP contribution is 2.32. The molecule has 0 bridgehead atoms. The predicted octanol–water partition coefficient (Wildman–Crippen LogP) is 11.0. The van der Waals surface area contributed by atoms with Crippen LogP contribution in [-0.4, -0.2) is 0 Å². The molecule has 0 radical (unpaired) electrons. The maximum Gasteiger partial charge on any atom is 0.0406 e. The van der Waals surface area contributed by atoms with Gasteiger partial charge in [-0.25, -0.2) is 0 Å². The lowest BCUT2D eigenvalue weighted by atomic mass is 9.91. The summed E-state index contributed by atoms with van der Waals surface area (Å²) >= 11 is 0. The molecule has 42 heavy (non-hydrogen) atoms. The van der Waals surface area contributed by atoms with E-state index in [1.54, 1.807) is 0 Å². The molecular formula is C42H42. The molecule has 0 spiro atoms. The highest BCUT2D eigenvalue weighted by molar-refractivity contribution is 6.09. The molecule has 0 heteroatoms. The van der Waals surface area contributed by atoms with Crippen molar-refractivity contribution in [2.24, 2.45) is 0 Å². The monoisotopic (exact) mass is 546 g/mol. The minimum absolute atomic E-state index is 1.05. The van der Waals surface area contributed by atoms with Crippen molar-refractivity contribution in [2.75, 3.05) is 0 Å². The van der Waals surface area contributed by atoms with Crippen LogP contribution in [0.1, 0.15) is 98.6 Å². The van der Waals surface area contributed by atoms with Gasteiger partial charge in [-0.1, -0.05) is 149 Å². The molecule has 0 atom stereocenters. The van der Waals surface area contributed by atoms with Crippen LogP contribution in [-0.2, 0) is 12.8 Å². The van der Waals surface area contributed by atoms with Gasteiger partial charge in [0.05, 0.1) is 0 Å². The molecule has 0 aliphatic carbocycles. The Morgan fingerprint density at radius 1 is 0.381 bits per heavy atom. The van der Waals surface area contributed by atoms with Crippen molar-refractivity contribution < 1.29 is 0 Å². The van der Waals surface area contributed by atoms with Crippen molar-refractivity contribution >= 4 is 21.5 Å². The van der Waals surface area contributed by atoms with E-state index in [0.29, 0.717) is 0 Å². The summed E-state index contributed by atoms with van der Waals surface area (Å²) in [5.74, 6) is 14.1. The zero-order valence-electron chi connectivity index (χ0n) is 25.3. The van der Waals surface area contributed by atoms with Crippen LogP contribution in [0.5, 0.6) is 0 Å². The van der Waals surface area contributed by atoms with Crippen LogP contribution in [0.25, 0.3) is 21.5 Å². The van der Waals surface area contributed by atoms with E-state index in [2.05, 4.69) is 135 Å². The van der Waals surface area contributed by atoms with E-state index in [1.165, 1.54) is 62.5 Å². The Kier molecular flexibility index (Phi) is 10.5. The maximum atomic E-state index is 3.56. The first-order valence-corrected chi connectivity index (χ1v) is 15.9. The van der Waals surface area contributed by atoms with E-state index in [9.17, 15) is 0 Å². The number of hydrogen-bond acceptors (Lipinski definition) is 0. The lowest BCUT2D eigenvalue weighted by Crippen LogP contribution is -1.91. The van der Waals surface area contributed by atoms with Crippen molar-refractivity contribution in [2.45, 2.75) is 78.1 Å². The van der Waals surface area contributed by atoms with Gasteiger partial charge in [-0.15, -0.1) is 0 Å². The summed E-state index contributed by atoms with van der Waals surface area (Å²) in [5.41, 5.74) is 7.05. The van der Waals surface area contributed by atoms with Gasteiger partial charge >= 0.3 is 0 Å². The van der Waals surface area contributed by atoms with Crippen molar-refractivity contribution in [3.63, 3.8) is 0 Å². The smallest absolute Gasteiger partial charge is 0.0406 e. The van der Waals surface area contributed by atoms with Gasteiger partial charge in [-0.05, 0) is 82.6 Å². The number of aryl methyl sites for hydroxylation is 2. The minimum Gasteiger partial charge on any atom is -0.0654 e. The van der Waals surface area contributed by atoms with E-state index in [1.807, 2.05) is 0 Å². The molecule has 0 nitrogen and oxygen atoms in total. The molecule has 5 rings (SSSR count). The van der Waals surface area contributed by atoms with Crippen molar-refractivity contribution in [1.29, 1.82) is 0 Å². The number of fused-ring (bicyclic) bond motifs is 2. The van der Waals surface area contributed by atoms with Crippen LogP contribution in [0.3, 0.4) is 0 Å². The van der Waals surface area contributed by atoms with Crippen molar-refractivity contribution in [3.8, 4) is 23.7 Å². The molecule has 0 aliphatic heterocycles. The van der Waals surface area contributed by atoms with Gasteiger partial charge in [0, 0.05) is 22.3 Å². The minimum atomic E-state index is 1.05. The molecule has 210 valence electrons. The van der Waals surface area contributed by atoms with Crippen LogP contribution >= 0.6 is 0 Å². The lowest BCUT2D eigenvalue weighted by Gasteiger charge is -2.10. The topological polar surface area (TPSA) is 0 Å². The van der Waals surface area contributed by atoms with Gasteiger partial charge in [0.1, 0.15) is 0 Å². The molecule has 5 aromatic carbocycles. The van der Waals surface area contributed by atoms with Crippen LogP contribution in [0.4, 0.5) is 0 Å². The van der Waals surface area contributed by atoms with Gasteiger partial charge in [-0.3, -0.25) is 0 Å². The summed E-state index contributed by atoms with van der Waals surface area (Å²) in [5, 5.41) is 4.62. The Morgan fingerprint density at radius 2 is 0.738 bits per heavy atom. The van der Waals surface area contributed by atoms with E-state index >= 15 is 0 Å². The van der Waals surface area contributed by atoms with Gasteiger partial charge in [0.25, 0.3) is 0 Å². The van der Waals surface area contributed by atoms with E-state index < -0.39 is 0 Å². The summed E-state index contributed by atoms with van der Waals surface area (Å²) < 4.78 is 0. The quantitative estimate of drug-likeness (QED) is 0.0928. The highest BCUT2D eigenvalue weighted by Gasteiger charge is 2.11. The van der Waals surface area contributed by atoms with E-state index in [-0.39, 0.29) is 0 Å². The summed E-state index contributed by atoms with van der Waals surface area (Å²) in [4.78, 5) is 0. The Balaban J connectivity index is 1.44. The number of rotatable bonds is 10. The van der Waals surface area contributed by atoms with Crippen LogP contribution in [0.2, 0.25) is 0 Å². The zero-order chi connectivity index (χ0) is 29.0. The largest absolute Gasteiger partial charge is 0.0654 e. The molecule has 0 fully saturated rings. The molecule has 0 saturated heterocycles. The molecular weight excluding hydrogens is 504 g/mol. The van der Waals surface area contributed by atoms with E-state index in [0.717, 1.165) is 56.6 Å². The second-order valence-electron chi connectivity index (χ2n) is 11.4. The second-order valence-corrected chi connectivity index (χ2v) is 11.4. The Labute approximate surface area is 253 Å². The molecule has 0 aliphatic rings. The first kappa shape index (κ1) is 29.2. The van der Waals surface area contributed by atoms with Crippen LogP contribution in [0.15, 0.2) is 97.1 Å². The van der Waals surface area contributed by atoms with Crippen LogP contribution < -0.4 is 0 Å². The summed E-state index contributed by atoms with van der Waals surface area (Å²) in [7, 11) is 0. The number of hydrogen-bond donors (Lipinski definition) is 0. The van der Waals surface area contributed by atoms with Crippen molar-refractivity contribution in [1.82, 2.24) is 0 Å². The molecule has 0 aromatic heterocycles. The molecule has 0 saturated carbocycles. The molecule has 5 aromatic rings. The first-order valence-electron chi connectivity index (χ1n) is 15.9. The van der Waals surface area contributed by atoms with Gasteiger partial charge in [0.2, 0.25) is 0 Å². The standard InChI is InChI=1S/C42H42/c1-3-5-7-9-15-33-21-25-35(26-22-33)29-31-41-37-17-11-13-19-39(37)42(40-20-14-12-18-38(40)41)32-30-36-27-23-34(24-28-36)16-10-8-6-4-2/h11-14,17-28H,3-10,15-16H2,1-2H3. The normalized spacial score (nSPS) is 10.7. The summed E-state index contributed by atoms with van der Waals surface area (Å²) in [6.45, 7) is 4.52. The first-order chi connectivity index (χ1) is 20.8. The van der Waals surface area contributed by atoms with Gasteiger partial charge < -0.3 is 0 Å². The fraction of sp³-hybridized carbons (Fsp3) is 0.286. The summed E-state index contributed by atoms with van der Waals surface area (Å²) in [6.07, 6.45) is 12.6. The lowest BCUT2D eigenvalue weighted by molar-refractivity contribution is 0.667. The third-order valence-corrected chi connectivity index (χ3v) is 8.14. The second kappa shape index (κ2) is 15.1. The molecule has 0 N–H and O–H groups in total. The third kappa shape index (κ3) is 7.52. The SMILES string of the molecule is CCCCCCc1ccc(C#Cc2c3ccccc3c(C#Cc3ccc(CCCCCC)cc3)c3ccccc23)cc1. The number of unbranched alkanes of at least 4 members (excludes halogenated alkanes) is 6. The Hall–Kier alpha value is -4.26. The average molecular weight is 547 g/mol. The summed E-state index contributed by atoms with van der Waals surface area (Å²) in [6, 6.07) is 34.8. The number of benzene rings is 5. The van der Waals surface area contributed by atoms with Crippen molar-refractivity contribution in [3.05, 3.63) is 130 Å². The molecule has 0 unspecified atom stereocenters.